The summed E-state index contributed by atoms with van der Waals surface area (Å²) < 4.78 is 0. The van der Waals surface area contributed by atoms with Gasteiger partial charge >= 0.3 is 0 Å². The minimum atomic E-state index is 1.03. The molecule has 0 spiro atoms. The van der Waals surface area contributed by atoms with Gasteiger partial charge in [0.15, 0.2) is 0 Å². The number of hydrogen-bond donors (Lipinski definition) is 1. The molecule has 1 N–H and O–H groups in total. The Kier molecular flexibility index (Phi) is 5.24. The summed E-state index contributed by atoms with van der Waals surface area (Å²) in [6.45, 7) is 2.13. The molecule has 70 valence electrons. The highest BCUT2D eigenvalue weighted by molar-refractivity contribution is 7.98. The lowest BCUT2D eigenvalue weighted by molar-refractivity contribution is 0.702. The maximum Gasteiger partial charge on any atom is 0.0963 e. The van der Waals surface area contributed by atoms with E-state index in [1.165, 1.54) is 37.3 Å². The topological polar surface area (TPSA) is 24.4 Å². The smallest absolute Gasteiger partial charge is 0.0963 e. The second-order valence-electron chi connectivity index (χ2n) is 3.06. The maximum absolute atomic E-state index is 4.43. The molecule has 0 saturated heterocycles. The molecule has 1 aliphatic rings. The van der Waals surface area contributed by atoms with E-state index in [-0.39, 0.29) is 0 Å². The average molecular weight is 186 g/mol. The van der Waals surface area contributed by atoms with Crippen LogP contribution in [0.4, 0.5) is 0 Å². The molecule has 1 aliphatic heterocycles. The van der Waals surface area contributed by atoms with E-state index in [2.05, 4.69) is 16.6 Å². The average Bonchev–Trinajstić information content (AvgIpc) is 2.14. The molecule has 0 atom stereocenters. The molecule has 0 aromatic carbocycles. The molecule has 0 unspecified atom stereocenters. The highest BCUT2D eigenvalue weighted by atomic mass is 32.2. The van der Waals surface area contributed by atoms with Crippen LogP contribution >= 0.6 is 11.8 Å². The van der Waals surface area contributed by atoms with Crippen LogP contribution in [0.25, 0.3) is 0 Å². The lowest BCUT2D eigenvalue weighted by Crippen LogP contribution is -2.26. The van der Waals surface area contributed by atoms with E-state index in [9.17, 15) is 0 Å². The van der Waals surface area contributed by atoms with E-state index in [0.29, 0.717) is 0 Å². The minimum Gasteiger partial charge on any atom is -0.374 e. The van der Waals surface area contributed by atoms with Crippen molar-refractivity contribution in [3.8, 4) is 0 Å². The van der Waals surface area contributed by atoms with Gasteiger partial charge in [0, 0.05) is 19.5 Å². The number of thioether (sulfide) groups is 1. The number of amidine groups is 1. The van der Waals surface area contributed by atoms with Crippen molar-refractivity contribution < 1.29 is 0 Å². The van der Waals surface area contributed by atoms with Gasteiger partial charge in [-0.1, -0.05) is 0 Å². The molecule has 2 nitrogen and oxygen atoms in total. The Hall–Kier alpha value is -0.180. The molecule has 0 radical (unpaired) electrons. The number of hydrogen-bond acceptors (Lipinski definition) is 3. The fraction of sp³-hybridized carbons (Fsp3) is 0.889. The van der Waals surface area contributed by atoms with Gasteiger partial charge in [-0.2, -0.15) is 11.8 Å². The minimum absolute atomic E-state index is 1.03. The Labute approximate surface area is 79.2 Å². The number of nitrogens with zero attached hydrogens (tertiary/aromatic N) is 1. The van der Waals surface area contributed by atoms with E-state index in [1.807, 2.05) is 11.8 Å². The van der Waals surface area contributed by atoms with Crippen molar-refractivity contribution in [2.75, 3.05) is 25.1 Å². The molecule has 0 aliphatic carbocycles. The van der Waals surface area contributed by atoms with Crippen LogP contribution < -0.4 is 5.32 Å². The summed E-state index contributed by atoms with van der Waals surface area (Å²) in [6, 6.07) is 0. The Morgan fingerprint density at radius 1 is 1.50 bits per heavy atom. The zero-order valence-corrected chi connectivity index (χ0v) is 8.62. The van der Waals surface area contributed by atoms with Crippen molar-refractivity contribution in [1.82, 2.24) is 5.32 Å². The first kappa shape index (κ1) is 9.90. The fourth-order valence-electron chi connectivity index (χ4n) is 1.29. The zero-order chi connectivity index (χ0) is 8.65. The van der Waals surface area contributed by atoms with Crippen LogP contribution in [0.3, 0.4) is 0 Å². The SMILES string of the molecule is CSCCCNC1=NCCCC1. The van der Waals surface area contributed by atoms with E-state index in [4.69, 9.17) is 0 Å². The van der Waals surface area contributed by atoms with Gasteiger partial charge in [0.25, 0.3) is 0 Å². The highest BCUT2D eigenvalue weighted by Gasteiger charge is 2.02. The van der Waals surface area contributed by atoms with Crippen LogP contribution in [0.1, 0.15) is 25.7 Å². The van der Waals surface area contributed by atoms with Gasteiger partial charge in [0.05, 0.1) is 5.84 Å². The molecule has 0 bridgehead atoms. The van der Waals surface area contributed by atoms with Gasteiger partial charge in [-0.05, 0) is 31.3 Å². The highest BCUT2D eigenvalue weighted by Crippen LogP contribution is 2.03. The molecular weight excluding hydrogens is 168 g/mol. The lowest BCUT2D eigenvalue weighted by Gasteiger charge is -2.13. The van der Waals surface area contributed by atoms with E-state index < -0.39 is 0 Å². The van der Waals surface area contributed by atoms with Gasteiger partial charge in [-0.3, -0.25) is 4.99 Å². The Balaban J connectivity index is 2.01. The summed E-state index contributed by atoms with van der Waals surface area (Å²) >= 11 is 1.91. The van der Waals surface area contributed by atoms with Crippen molar-refractivity contribution >= 4 is 17.6 Å². The van der Waals surface area contributed by atoms with Crippen molar-refractivity contribution in [2.24, 2.45) is 4.99 Å². The third-order valence-corrected chi connectivity index (χ3v) is 2.68. The van der Waals surface area contributed by atoms with Crippen LogP contribution in [0.5, 0.6) is 0 Å². The summed E-state index contributed by atoms with van der Waals surface area (Å²) in [7, 11) is 0. The van der Waals surface area contributed by atoms with Crippen molar-refractivity contribution in [2.45, 2.75) is 25.7 Å². The Morgan fingerprint density at radius 2 is 2.42 bits per heavy atom. The zero-order valence-electron chi connectivity index (χ0n) is 7.81. The predicted octanol–water partition coefficient (Wildman–Crippen LogP) is 1.91. The number of aliphatic imine (C=N–C) groups is 1. The van der Waals surface area contributed by atoms with E-state index in [1.54, 1.807) is 0 Å². The van der Waals surface area contributed by atoms with Gasteiger partial charge < -0.3 is 5.32 Å². The van der Waals surface area contributed by atoms with Gasteiger partial charge in [0.2, 0.25) is 0 Å². The summed E-state index contributed by atoms with van der Waals surface area (Å²) in [5.41, 5.74) is 0. The molecular formula is C9H18N2S. The Morgan fingerprint density at radius 3 is 3.08 bits per heavy atom. The molecule has 0 aromatic rings. The molecule has 0 saturated carbocycles. The Bertz CT molecular complexity index is 145. The fourth-order valence-corrected chi connectivity index (χ4v) is 1.72. The normalized spacial score (nSPS) is 17.2. The predicted molar refractivity (Wildman–Crippen MR) is 57.2 cm³/mol. The molecule has 1 heterocycles. The summed E-state index contributed by atoms with van der Waals surface area (Å²) in [6.07, 6.45) is 7.15. The van der Waals surface area contributed by atoms with Gasteiger partial charge in [-0.15, -0.1) is 0 Å². The standard InChI is InChI=1S/C9H18N2S/c1-12-8-4-7-11-9-5-2-3-6-10-9/h2-8H2,1H3,(H,10,11). The monoisotopic (exact) mass is 186 g/mol. The van der Waals surface area contributed by atoms with Crippen molar-refractivity contribution in [1.29, 1.82) is 0 Å². The van der Waals surface area contributed by atoms with Gasteiger partial charge in [0.1, 0.15) is 0 Å². The maximum atomic E-state index is 4.43. The quantitative estimate of drug-likeness (QED) is 0.678. The van der Waals surface area contributed by atoms with Crippen LogP contribution in [0, 0.1) is 0 Å². The molecule has 3 heteroatoms. The number of rotatable bonds is 4. The first-order chi connectivity index (χ1) is 5.93. The first-order valence-corrected chi connectivity index (χ1v) is 6.09. The third kappa shape index (κ3) is 4.00. The van der Waals surface area contributed by atoms with Crippen molar-refractivity contribution in [3.63, 3.8) is 0 Å². The lowest BCUT2D eigenvalue weighted by atomic mass is 10.2. The van der Waals surface area contributed by atoms with E-state index in [0.717, 1.165) is 13.1 Å². The molecule has 0 aromatic heterocycles. The third-order valence-electron chi connectivity index (χ3n) is 1.98. The number of nitrogens with one attached hydrogen (secondary N) is 1. The van der Waals surface area contributed by atoms with Gasteiger partial charge in [-0.25, -0.2) is 0 Å². The summed E-state index contributed by atoms with van der Waals surface area (Å²) in [5.74, 6) is 2.49. The van der Waals surface area contributed by atoms with Crippen molar-refractivity contribution in [3.05, 3.63) is 0 Å². The second kappa shape index (κ2) is 6.35. The largest absolute Gasteiger partial charge is 0.374 e. The second-order valence-corrected chi connectivity index (χ2v) is 4.04. The molecule has 1 rings (SSSR count). The van der Waals surface area contributed by atoms with E-state index >= 15 is 0 Å². The van der Waals surface area contributed by atoms with Crippen LogP contribution in [0.15, 0.2) is 4.99 Å². The summed E-state index contributed by atoms with van der Waals surface area (Å²) in [5, 5.41) is 3.39. The molecule has 0 amide bonds. The molecule has 0 fully saturated rings. The van der Waals surface area contributed by atoms with Crippen LogP contribution in [-0.2, 0) is 0 Å². The summed E-state index contributed by atoms with van der Waals surface area (Å²) in [4.78, 5) is 4.43. The van der Waals surface area contributed by atoms with Crippen LogP contribution in [0.2, 0.25) is 0 Å². The molecule has 12 heavy (non-hydrogen) atoms. The van der Waals surface area contributed by atoms with Crippen LogP contribution in [-0.4, -0.2) is 30.9 Å². The first-order valence-electron chi connectivity index (χ1n) is 4.69.